The van der Waals surface area contributed by atoms with E-state index in [9.17, 15) is 9.59 Å². The normalized spacial score (nSPS) is 9.90. The smallest absolute Gasteiger partial charge is 0.314 e. The summed E-state index contributed by atoms with van der Waals surface area (Å²) in [6, 6.07) is 13.5. The minimum absolute atomic E-state index is 0.502. The van der Waals surface area contributed by atoms with E-state index in [0.29, 0.717) is 20.9 Å². The van der Waals surface area contributed by atoms with Crippen LogP contribution in [0.3, 0.4) is 0 Å². The highest BCUT2D eigenvalue weighted by molar-refractivity contribution is 9.10. The third-order valence-electron chi connectivity index (χ3n) is 2.43. The SMILES string of the molecule is O=C(Nc1ccc(Cl)cc1)C(=O)Nc1ccccc1Br. The molecule has 0 bridgehead atoms. The number of hydrogen-bond acceptors (Lipinski definition) is 2. The number of carbonyl (C=O) groups excluding carboxylic acids is 2. The third kappa shape index (κ3) is 3.82. The highest BCUT2D eigenvalue weighted by atomic mass is 79.9. The molecule has 0 aromatic heterocycles. The maximum atomic E-state index is 11.8. The maximum absolute atomic E-state index is 11.8. The summed E-state index contributed by atoms with van der Waals surface area (Å²) < 4.78 is 0.702. The highest BCUT2D eigenvalue weighted by Crippen LogP contribution is 2.21. The van der Waals surface area contributed by atoms with E-state index in [1.54, 1.807) is 42.5 Å². The van der Waals surface area contributed by atoms with E-state index in [1.165, 1.54) is 0 Å². The number of para-hydroxylation sites is 1. The number of amides is 2. The van der Waals surface area contributed by atoms with Crippen LogP contribution in [-0.2, 0) is 9.59 Å². The lowest BCUT2D eigenvalue weighted by Crippen LogP contribution is -2.29. The van der Waals surface area contributed by atoms with E-state index in [2.05, 4.69) is 26.6 Å². The average Bonchev–Trinajstić information content (AvgIpc) is 2.44. The number of hydrogen-bond donors (Lipinski definition) is 2. The Hall–Kier alpha value is -1.85. The lowest BCUT2D eigenvalue weighted by atomic mass is 10.3. The monoisotopic (exact) mass is 352 g/mol. The molecule has 0 aliphatic rings. The van der Waals surface area contributed by atoms with Gasteiger partial charge >= 0.3 is 11.8 Å². The summed E-state index contributed by atoms with van der Waals surface area (Å²) in [4.78, 5) is 23.5. The minimum atomic E-state index is -0.747. The molecule has 0 unspecified atom stereocenters. The molecule has 102 valence electrons. The Kier molecular flexibility index (Phi) is 4.76. The van der Waals surface area contributed by atoms with Crippen molar-refractivity contribution >= 4 is 50.7 Å². The molecule has 0 atom stereocenters. The lowest BCUT2D eigenvalue weighted by Gasteiger charge is -2.07. The third-order valence-corrected chi connectivity index (χ3v) is 3.37. The van der Waals surface area contributed by atoms with Crippen molar-refractivity contribution in [1.29, 1.82) is 0 Å². The van der Waals surface area contributed by atoms with Crippen molar-refractivity contribution in [1.82, 2.24) is 0 Å². The average molecular weight is 354 g/mol. The summed E-state index contributed by atoms with van der Waals surface area (Å²) >= 11 is 9.03. The van der Waals surface area contributed by atoms with E-state index in [-0.39, 0.29) is 0 Å². The predicted octanol–water partition coefficient (Wildman–Crippen LogP) is 3.68. The molecule has 20 heavy (non-hydrogen) atoms. The molecule has 0 spiro atoms. The summed E-state index contributed by atoms with van der Waals surface area (Å²) in [7, 11) is 0. The van der Waals surface area contributed by atoms with Crippen LogP contribution in [0.1, 0.15) is 0 Å². The van der Waals surface area contributed by atoms with Crippen LogP contribution in [0.15, 0.2) is 53.0 Å². The lowest BCUT2D eigenvalue weighted by molar-refractivity contribution is -0.133. The molecule has 2 aromatic rings. The molecule has 6 heteroatoms. The molecule has 0 aliphatic carbocycles. The van der Waals surface area contributed by atoms with Crippen molar-refractivity contribution in [3.8, 4) is 0 Å². The Morgan fingerprint density at radius 1 is 0.900 bits per heavy atom. The molecular weight excluding hydrogens is 344 g/mol. The van der Waals surface area contributed by atoms with E-state index in [1.807, 2.05) is 6.07 Å². The number of rotatable bonds is 2. The minimum Gasteiger partial charge on any atom is -0.318 e. The van der Waals surface area contributed by atoms with Crippen molar-refractivity contribution in [3.05, 3.63) is 58.0 Å². The van der Waals surface area contributed by atoms with Crippen molar-refractivity contribution < 1.29 is 9.59 Å². The van der Waals surface area contributed by atoms with Crippen LogP contribution in [-0.4, -0.2) is 11.8 Å². The molecule has 0 aliphatic heterocycles. The van der Waals surface area contributed by atoms with Crippen LogP contribution in [0.4, 0.5) is 11.4 Å². The second kappa shape index (κ2) is 6.54. The first kappa shape index (κ1) is 14.6. The van der Waals surface area contributed by atoms with E-state index in [0.717, 1.165) is 0 Å². The first-order chi connectivity index (χ1) is 9.56. The van der Waals surface area contributed by atoms with Gasteiger partial charge in [0.05, 0.1) is 5.69 Å². The van der Waals surface area contributed by atoms with Gasteiger partial charge in [0.15, 0.2) is 0 Å². The zero-order valence-electron chi connectivity index (χ0n) is 10.2. The van der Waals surface area contributed by atoms with Gasteiger partial charge in [0.2, 0.25) is 0 Å². The van der Waals surface area contributed by atoms with Gasteiger partial charge in [0.25, 0.3) is 0 Å². The fraction of sp³-hybridized carbons (Fsp3) is 0. The number of nitrogens with one attached hydrogen (secondary N) is 2. The Labute approximate surface area is 129 Å². The first-order valence-electron chi connectivity index (χ1n) is 5.68. The van der Waals surface area contributed by atoms with E-state index in [4.69, 9.17) is 11.6 Å². The number of benzene rings is 2. The fourth-order valence-corrected chi connectivity index (χ4v) is 1.97. The van der Waals surface area contributed by atoms with Crippen LogP contribution in [0.2, 0.25) is 5.02 Å². The van der Waals surface area contributed by atoms with Gasteiger partial charge in [-0.1, -0.05) is 23.7 Å². The quantitative estimate of drug-likeness (QED) is 0.809. The Morgan fingerprint density at radius 2 is 1.50 bits per heavy atom. The summed E-state index contributed by atoms with van der Waals surface area (Å²) in [5.41, 5.74) is 1.03. The van der Waals surface area contributed by atoms with Crippen molar-refractivity contribution in [3.63, 3.8) is 0 Å². The summed E-state index contributed by atoms with van der Waals surface area (Å²) in [6.07, 6.45) is 0. The molecule has 4 nitrogen and oxygen atoms in total. The van der Waals surface area contributed by atoms with E-state index < -0.39 is 11.8 Å². The van der Waals surface area contributed by atoms with Gasteiger partial charge in [0, 0.05) is 15.2 Å². The summed E-state index contributed by atoms with van der Waals surface area (Å²) in [5.74, 6) is -1.49. The molecule has 0 radical (unpaired) electrons. The molecule has 0 fully saturated rings. The maximum Gasteiger partial charge on any atom is 0.314 e. The standard InChI is InChI=1S/C14H10BrClN2O2/c15-11-3-1-2-4-12(11)18-14(20)13(19)17-10-7-5-9(16)6-8-10/h1-8H,(H,17,19)(H,18,20). The molecule has 2 N–H and O–H groups in total. The zero-order chi connectivity index (χ0) is 14.5. The Balaban J connectivity index is 2.01. The molecule has 0 saturated heterocycles. The van der Waals surface area contributed by atoms with Crippen molar-refractivity contribution in [2.45, 2.75) is 0 Å². The number of halogens is 2. The van der Waals surface area contributed by atoms with Gasteiger partial charge in [-0.3, -0.25) is 9.59 Å². The van der Waals surface area contributed by atoms with Crippen molar-refractivity contribution in [2.24, 2.45) is 0 Å². The molecular formula is C14H10BrClN2O2. The molecule has 2 amide bonds. The zero-order valence-corrected chi connectivity index (χ0v) is 12.5. The van der Waals surface area contributed by atoms with Crippen molar-refractivity contribution in [2.75, 3.05) is 10.6 Å². The molecule has 0 saturated carbocycles. The predicted molar refractivity (Wildman–Crippen MR) is 82.9 cm³/mol. The topological polar surface area (TPSA) is 58.2 Å². The van der Waals surface area contributed by atoms with Crippen LogP contribution < -0.4 is 10.6 Å². The van der Waals surface area contributed by atoms with Gasteiger partial charge < -0.3 is 10.6 Å². The Morgan fingerprint density at radius 3 is 2.15 bits per heavy atom. The summed E-state index contributed by atoms with van der Waals surface area (Å²) in [6.45, 7) is 0. The number of carbonyl (C=O) groups is 2. The van der Waals surface area contributed by atoms with Crippen LogP contribution in [0, 0.1) is 0 Å². The first-order valence-corrected chi connectivity index (χ1v) is 6.86. The summed E-state index contributed by atoms with van der Waals surface area (Å²) in [5, 5.41) is 5.56. The van der Waals surface area contributed by atoms with Crippen LogP contribution in [0.25, 0.3) is 0 Å². The van der Waals surface area contributed by atoms with Gasteiger partial charge in [-0.05, 0) is 52.3 Å². The molecule has 2 aromatic carbocycles. The molecule has 0 heterocycles. The Bertz CT molecular complexity index is 644. The number of anilines is 2. The van der Waals surface area contributed by atoms with Gasteiger partial charge in [0.1, 0.15) is 0 Å². The van der Waals surface area contributed by atoms with Crippen LogP contribution in [0.5, 0.6) is 0 Å². The van der Waals surface area contributed by atoms with Gasteiger partial charge in [-0.25, -0.2) is 0 Å². The molecule has 2 rings (SSSR count). The second-order valence-electron chi connectivity index (χ2n) is 3.89. The fourth-order valence-electron chi connectivity index (χ4n) is 1.46. The van der Waals surface area contributed by atoms with Gasteiger partial charge in [-0.15, -0.1) is 0 Å². The largest absolute Gasteiger partial charge is 0.318 e. The van der Waals surface area contributed by atoms with Gasteiger partial charge in [-0.2, -0.15) is 0 Å². The second-order valence-corrected chi connectivity index (χ2v) is 5.19. The van der Waals surface area contributed by atoms with E-state index >= 15 is 0 Å². The van der Waals surface area contributed by atoms with Crippen LogP contribution >= 0.6 is 27.5 Å². The highest BCUT2D eigenvalue weighted by Gasteiger charge is 2.14.